The van der Waals surface area contributed by atoms with E-state index in [-0.39, 0.29) is 5.92 Å². The number of carboxylic acids is 1. The van der Waals surface area contributed by atoms with E-state index in [4.69, 9.17) is 0 Å². The average molecular weight is 482 g/mol. The number of nitrogens with one attached hydrogen (secondary N) is 1. The summed E-state index contributed by atoms with van der Waals surface area (Å²) in [6.07, 6.45) is 20.2. The number of aliphatic hydroxyl groups is 2. The molecule has 5 nitrogen and oxygen atoms in total. The third-order valence-electron chi connectivity index (χ3n) is 7.77. The Morgan fingerprint density at radius 3 is 1.94 bits per heavy atom. The van der Waals surface area contributed by atoms with Crippen LogP contribution in [0.15, 0.2) is 12.2 Å². The summed E-state index contributed by atoms with van der Waals surface area (Å²) in [6.45, 7) is 4.98. The molecule has 0 spiro atoms. The molecule has 1 aliphatic carbocycles. The Labute approximate surface area is 209 Å². The van der Waals surface area contributed by atoms with Gasteiger partial charge in [-0.05, 0) is 69.7 Å². The van der Waals surface area contributed by atoms with E-state index >= 15 is 0 Å². The zero-order chi connectivity index (χ0) is 25.2. The number of aliphatic carboxylic acids is 1. The molecular weight excluding hydrogens is 426 g/mol. The van der Waals surface area contributed by atoms with Gasteiger partial charge in [0.2, 0.25) is 0 Å². The van der Waals surface area contributed by atoms with Gasteiger partial charge in [0.05, 0.1) is 18.1 Å². The molecule has 0 fully saturated rings. The number of hydrogen-bond acceptors (Lipinski definition) is 4. The first kappa shape index (κ1) is 31.1. The maximum Gasteiger partial charge on any atom is 0.309 e. The van der Waals surface area contributed by atoms with Crippen LogP contribution in [-0.2, 0) is 4.79 Å². The Bertz CT molecular complexity index is 538. The molecule has 0 saturated heterocycles. The van der Waals surface area contributed by atoms with Crippen LogP contribution in [0.1, 0.15) is 117 Å². The summed E-state index contributed by atoms with van der Waals surface area (Å²) in [4.78, 5) is 11.8. The van der Waals surface area contributed by atoms with E-state index in [1.54, 1.807) is 0 Å². The summed E-state index contributed by atoms with van der Waals surface area (Å²) in [6, 6.07) is 0. The smallest absolute Gasteiger partial charge is 0.309 e. The lowest BCUT2D eigenvalue weighted by Crippen LogP contribution is -2.37. The Balaban J connectivity index is 2.36. The van der Waals surface area contributed by atoms with E-state index in [1.165, 1.54) is 44.9 Å². The maximum absolute atomic E-state index is 11.8. The minimum atomic E-state index is -0.916. The normalized spacial score (nSPS) is 21.8. The molecule has 6 atom stereocenters. The van der Waals surface area contributed by atoms with Crippen LogP contribution in [0.25, 0.3) is 0 Å². The van der Waals surface area contributed by atoms with Crippen LogP contribution in [0, 0.1) is 23.7 Å². The van der Waals surface area contributed by atoms with Crippen LogP contribution in [0.4, 0.5) is 0 Å². The largest absolute Gasteiger partial charge is 0.481 e. The van der Waals surface area contributed by atoms with Crippen molar-refractivity contribution in [2.75, 3.05) is 13.6 Å². The number of carboxylic acid groups (broad SMARTS) is 1. The lowest BCUT2D eigenvalue weighted by Gasteiger charge is -2.28. The van der Waals surface area contributed by atoms with Crippen LogP contribution < -0.4 is 5.32 Å². The summed E-state index contributed by atoms with van der Waals surface area (Å²) >= 11 is 0. The van der Waals surface area contributed by atoms with E-state index in [1.807, 2.05) is 7.05 Å². The summed E-state index contributed by atoms with van der Waals surface area (Å²) in [5.41, 5.74) is 0. The van der Waals surface area contributed by atoms with E-state index in [0.29, 0.717) is 31.7 Å². The van der Waals surface area contributed by atoms with Gasteiger partial charge in [0.25, 0.3) is 0 Å². The van der Waals surface area contributed by atoms with Gasteiger partial charge in [-0.1, -0.05) is 83.8 Å². The molecular formula is C29H55NO4. The number of aliphatic hydroxyl groups excluding tert-OH is 2. The molecule has 0 aromatic rings. The van der Waals surface area contributed by atoms with Crippen LogP contribution >= 0.6 is 0 Å². The van der Waals surface area contributed by atoms with Crippen molar-refractivity contribution in [1.29, 1.82) is 0 Å². The highest BCUT2D eigenvalue weighted by Crippen LogP contribution is 2.30. The SMILES string of the molecule is CCCCCC1C=CC(CCCCCC(C(=O)O)C(O)CC(CNC)C(O)CCCCC)CC1. The lowest BCUT2D eigenvalue weighted by atomic mass is 9.83. The Kier molecular flexibility index (Phi) is 17.7. The molecule has 6 unspecified atom stereocenters. The number of unbranched alkanes of at least 4 members (excludes halogenated alkanes) is 6. The van der Waals surface area contributed by atoms with Gasteiger partial charge < -0.3 is 20.6 Å². The van der Waals surface area contributed by atoms with Crippen LogP contribution in [-0.4, -0.2) is 47.1 Å². The van der Waals surface area contributed by atoms with Gasteiger partial charge in [0.15, 0.2) is 0 Å². The number of allylic oxidation sites excluding steroid dienone is 2. The molecule has 0 heterocycles. The molecule has 0 aliphatic heterocycles. The zero-order valence-electron chi connectivity index (χ0n) is 22.4. The van der Waals surface area contributed by atoms with Gasteiger partial charge in [-0.3, -0.25) is 4.79 Å². The van der Waals surface area contributed by atoms with Gasteiger partial charge in [-0.15, -0.1) is 0 Å². The average Bonchev–Trinajstić information content (AvgIpc) is 2.82. The third kappa shape index (κ3) is 13.3. The van der Waals surface area contributed by atoms with Crippen LogP contribution in [0.3, 0.4) is 0 Å². The minimum Gasteiger partial charge on any atom is -0.481 e. The molecule has 34 heavy (non-hydrogen) atoms. The van der Waals surface area contributed by atoms with Crippen LogP contribution in [0.5, 0.6) is 0 Å². The number of carbonyl (C=O) groups is 1. The highest BCUT2D eigenvalue weighted by Gasteiger charge is 2.30. The monoisotopic (exact) mass is 481 g/mol. The molecule has 0 aromatic heterocycles. The van der Waals surface area contributed by atoms with Gasteiger partial charge >= 0.3 is 5.97 Å². The number of hydrogen-bond donors (Lipinski definition) is 4. The van der Waals surface area contributed by atoms with E-state index in [9.17, 15) is 20.1 Å². The first-order chi connectivity index (χ1) is 16.4. The Morgan fingerprint density at radius 1 is 0.853 bits per heavy atom. The van der Waals surface area contributed by atoms with Gasteiger partial charge in [0, 0.05) is 6.54 Å². The minimum absolute atomic E-state index is 0.123. The van der Waals surface area contributed by atoms with Crippen molar-refractivity contribution in [3.8, 4) is 0 Å². The van der Waals surface area contributed by atoms with Crippen LogP contribution in [0.2, 0.25) is 0 Å². The van der Waals surface area contributed by atoms with Crippen molar-refractivity contribution in [3.63, 3.8) is 0 Å². The molecule has 0 bridgehead atoms. The molecule has 0 aromatic carbocycles. The van der Waals surface area contributed by atoms with Crippen molar-refractivity contribution in [2.45, 2.75) is 129 Å². The van der Waals surface area contributed by atoms with Crippen molar-refractivity contribution >= 4 is 5.97 Å². The van der Waals surface area contributed by atoms with Crippen molar-refractivity contribution in [2.24, 2.45) is 23.7 Å². The molecule has 0 radical (unpaired) electrons. The van der Waals surface area contributed by atoms with Crippen molar-refractivity contribution < 1.29 is 20.1 Å². The van der Waals surface area contributed by atoms with Crippen molar-refractivity contribution in [1.82, 2.24) is 5.32 Å². The third-order valence-corrected chi connectivity index (χ3v) is 7.77. The van der Waals surface area contributed by atoms with Gasteiger partial charge in [-0.2, -0.15) is 0 Å². The molecule has 0 saturated carbocycles. The van der Waals surface area contributed by atoms with E-state index in [0.717, 1.165) is 44.4 Å². The fraction of sp³-hybridized carbons (Fsp3) is 0.897. The highest BCUT2D eigenvalue weighted by atomic mass is 16.4. The highest BCUT2D eigenvalue weighted by molar-refractivity contribution is 5.70. The second kappa shape index (κ2) is 19.3. The topological polar surface area (TPSA) is 89.8 Å². The predicted molar refractivity (Wildman–Crippen MR) is 142 cm³/mol. The summed E-state index contributed by atoms with van der Waals surface area (Å²) in [5, 5.41) is 34.1. The lowest BCUT2D eigenvalue weighted by molar-refractivity contribution is -0.146. The zero-order valence-corrected chi connectivity index (χ0v) is 22.4. The molecule has 1 aliphatic rings. The summed E-state index contributed by atoms with van der Waals surface area (Å²) in [7, 11) is 1.83. The maximum atomic E-state index is 11.8. The fourth-order valence-corrected chi connectivity index (χ4v) is 5.45. The molecule has 4 N–H and O–H groups in total. The van der Waals surface area contributed by atoms with E-state index < -0.39 is 24.1 Å². The molecule has 200 valence electrons. The molecule has 0 amide bonds. The summed E-state index contributed by atoms with van der Waals surface area (Å²) < 4.78 is 0. The standard InChI is InChI=1S/C29H55NO4/c1-4-6-9-13-23-17-19-24(20-18-23)14-11-8-12-15-26(29(33)34)28(32)21-25(22-30-3)27(31)16-10-7-5-2/h17,19,23-28,30-32H,4-16,18,20-22H2,1-3H3,(H,33,34). The Hall–Kier alpha value is -0.910. The molecule has 5 heteroatoms. The molecule has 1 rings (SSSR count). The van der Waals surface area contributed by atoms with Gasteiger partial charge in [0.1, 0.15) is 0 Å². The fourth-order valence-electron chi connectivity index (χ4n) is 5.45. The second-order valence-electron chi connectivity index (χ2n) is 10.7. The van der Waals surface area contributed by atoms with Crippen molar-refractivity contribution in [3.05, 3.63) is 12.2 Å². The Morgan fingerprint density at radius 2 is 1.41 bits per heavy atom. The number of rotatable bonds is 21. The predicted octanol–water partition coefficient (Wildman–Crippen LogP) is 6.33. The quantitative estimate of drug-likeness (QED) is 0.114. The second-order valence-corrected chi connectivity index (χ2v) is 10.7. The summed E-state index contributed by atoms with van der Waals surface area (Å²) in [5.74, 6) is -0.332. The van der Waals surface area contributed by atoms with Gasteiger partial charge in [-0.25, -0.2) is 0 Å². The van der Waals surface area contributed by atoms with E-state index in [2.05, 4.69) is 31.3 Å². The first-order valence-corrected chi connectivity index (χ1v) is 14.3. The first-order valence-electron chi connectivity index (χ1n) is 14.3.